The van der Waals surface area contributed by atoms with Crippen LogP contribution in [0.15, 0.2) is 82.8 Å². The zero-order valence-corrected chi connectivity index (χ0v) is 28.3. The summed E-state index contributed by atoms with van der Waals surface area (Å²) in [7, 11) is 1.93. The molecular formula is C39H48N6. The first-order valence-corrected chi connectivity index (χ1v) is 15.3. The first-order valence-electron chi connectivity index (χ1n) is 15.3. The summed E-state index contributed by atoms with van der Waals surface area (Å²) in [6.07, 6.45) is 3.56. The minimum atomic E-state index is 0.469. The van der Waals surface area contributed by atoms with Crippen molar-refractivity contribution in [1.29, 1.82) is 10.8 Å². The predicted molar refractivity (Wildman–Crippen MR) is 194 cm³/mol. The minimum Gasteiger partial charge on any atom is -0.326 e. The molecule has 0 spiro atoms. The van der Waals surface area contributed by atoms with Gasteiger partial charge in [-0.1, -0.05) is 82.9 Å². The molecule has 0 radical (unpaired) electrons. The lowest BCUT2D eigenvalue weighted by Gasteiger charge is -2.12. The Hall–Kier alpha value is -4.68. The molecule has 0 heterocycles. The summed E-state index contributed by atoms with van der Waals surface area (Å²) in [6.45, 7) is 17.4. The van der Waals surface area contributed by atoms with E-state index in [1.807, 2.05) is 62.2 Å². The lowest BCUT2D eigenvalue weighted by molar-refractivity contribution is 0.801. The molecule has 6 nitrogen and oxygen atoms in total. The standard InChI is InChI=1S/C20H25N3.C19H23N3/c1-13-5-7-17(15(3)9-13)19(21)11-23-12-20(22)18-8-6-14(2)10-16(18)4;1-14-6-8-18(16(3)10-14)20-12-22(5)13-21-19-9-7-15(2)11-17(19)4/h5-10,21-23H,11-12H2,1-4H3;6-13H,1-5H3. The molecule has 0 fully saturated rings. The van der Waals surface area contributed by atoms with Crippen molar-refractivity contribution in [3.8, 4) is 0 Å². The largest absolute Gasteiger partial charge is 0.326 e. The van der Waals surface area contributed by atoms with Crippen molar-refractivity contribution in [3.05, 3.63) is 128 Å². The molecule has 0 aliphatic heterocycles. The van der Waals surface area contributed by atoms with Crippen LogP contribution in [0.1, 0.15) is 55.6 Å². The highest BCUT2D eigenvalue weighted by Gasteiger charge is 2.08. The van der Waals surface area contributed by atoms with Gasteiger partial charge in [-0.2, -0.15) is 0 Å². The van der Waals surface area contributed by atoms with Crippen LogP contribution in [0.4, 0.5) is 11.4 Å². The average molecular weight is 601 g/mol. The van der Waals surface area contributed by atoms with E-state index in [1.165, 1.54) is 33.4 Å². The zero-order chi connectivity index (χ0) is 33.1. The summed E-state index contributed by atoms with van der Waals surface area (Å²) in [5, 5.41) is 19.7. The Labute approximate surface area is 270 Å². The van der Waals surface area contributed by atoms with E-state index >= 15 is 0 Å². The molecule has 0 aliphatic rings. The van der Waals surface area contributed by atoms with Gasteiger partial charge in [0.25, 0.3) is 0 Å². The maximum Gasteiger partial charge on any atom is 0.0961 e. The molecule has 3 N–H and O–H groups in total. The lowest BCUT2D eigenvalue weighted by Crippen LogP contribution is -2.29. The third-order valence-electron chi connectivity index (χ3n) is 7.48. The molecule has 0 unspecified atom stereocenters. The van der Waals surface area contributed by atoms with Gasteiger partial charge >= 0.3 is 0 Å². The molecule has 0 bridgehead atoms. The second-order valence-corrected chi connectivity index (χ2v) is 11.9. The maximum atomic E-state index is 8.23. The number of hydrogen-bond acceptors (Lipinski definition) is 5. The summed E-state index contributed by atoms with van der Waals surface area (Å²) < 4.78 is 0. The Balaban J connectivity index is 0.000000246. The Morgan fingerprint density at radius 3 is 1.22 bits per heavy atom. The van der Waals surface area contributed by atoms with Gasteiger partial charge in [-0.3, -0.25) is 0 Å². The second kappa shape index (κ2) is 16.4. The highest BCUT2D eigenvalue weighted by atomic mass is 15.1. The molecule has 0 aliphatic carbocycles. The Morgan fingerprint density at radius 1 is 0.556 bits per heavy atom. The van der Waals surface area contributed by atoms with Crippen molar-refractivity contribution in [1.82, 2.24) is 10.2 Å². The minimum absolute atomic E-state index is 0.469. The van der Waals surface area contributed by atoms with Gasteiger partial charge in [0, 0.05) is 20.1 Å². The fraction of sp³-hybridized carbons (Fsp3) is 0.282. The Morgan fingerprint density at radius 2 is 0.889 bits per heavy atom. The van der Waals surface area contributed by atoms with Gasteiger partial charge in [0.15, 0.2) is 0 Å². The van der Waals surface area contributed by atoms with Gasteiger partial charge in [-0.25, -0.2) is 9.98 Å². The van der Waals surface area contributed by atoms with Gasteiger partial charge in [0.1, 0.15) is 0 Å². The number of aliphatic imine (C=N–C) groups is 2. The molecule has 4 aromatic carbocycles. The highest BCUT2D eigenvalue weighted by Crippen LogP contribution is 2.20. The molecule has 0 atom stereocenters. The van der Waals surface area contributed by atoms with E-state index in [-0.39, 0.29) is 0 Å². The number of nitrogens with one attached hydrogen (secondary N) is 3. The number of nitrogens with zero attached hydrogens (tertiary/aromatic N) is 3. The molecular weight excluding hydrogens is 552 g/mol. The fourth-order valence-corrected chi connectivity index (χ4v) is 5.04. The van der Waals surface area contributed by atoms with Crippen LogP contribution in [0, 0.1) is 66.2 Å². The summed E-state index contributed by atoms with van der Waals surface area (Å²) in [6, 6.07) is 24.8. The van der Waals surface area contributed by atoms with Crippen LogP contribution in [0.2, 0.25) is 0 Å². The SMILES string of the molecule is Cc1ccc(C(=N)CNCC(=N)c2ccc(C)cc2C)c(C)c1.Cc1ccc(N=CN(C)C=Nc2ccc(C)cc2C)c(C)c1. The van der Waals surface area contributed by atoms with Crippen molar-refractivity contribution in [2.45, 2.75) is 55.4 Å². The van der Waals surface area contributed by atoms with Crippen molar-refractivity contribution >= 4 is 35.5 Å². The maximum absolute atomic E-state index is 8.23. The van der Waals surface area contributed by atoms with E-state index in [1.54, 1.807) is 12.7 Å². The molecule has 45 heavy (non-hydrogen) atoms. The normalized spacial score (nSPS) is 11.0. The van der Waals surface area contributed by atoms with Crippen molar-refractivity contribution < 1.29 is 0 Å². The predicted octanol–water partition coefficient (Wildman–Crippen LogP) is 8.82. The summed E-state index contributed by atoms with van der Waals surface area (Å²) >= 11 is 0. The Kier molecular flexibility index (Phi) is 12.7. The topological polar surface area (TPSA) is 87.7 Å². The molecule has 0 saturated heterocycles. The van der Waals surface area contributed by atoms with Crippen LogP contribution in [-0.4, -0.2) is 49.1 Å². The molecule has 0 amide bonds. The van der Waals surface area contributed by atoms with Gasteiger partial charge < -0.3 is 21.0 Å². The number of hydrogen-bond donors (Lipinski definition) is 3. The van der Waals surface area contributed by atoms with Gasteiger partial charge in [-0.05, 0) is 101 Å². The van der Waals surface area contributed by atoms with E-state index < -0.39 is 0 Å². The van der Waals surface area contributed by atoms with Gasteiger partial charge in [-0.15, -0.1) is 0 Å². The van der Waals surface area contributed by atoms with E-state index in [2.05, 4.69) is 93.2 Å². The number of aryl methyl sites for hydroxylation is 8. The molecule has 0 aromatic heterocycles. The van der Waals surface area contributed by atoms with Gasteiger partial charge in [0.2, 0.25) is 0 Å². The summed E-state index contributed by atoms with van der Waals surface area (Å²) in [5.41, 5.74) is 14.6. The van der Waals surface area contributed by atoms with Crippen LogP contribution >= 0.6 is 0 Å². The van der Waals surface area contributed by atoms with Crippen molar-refractivity contribution in [2.75, 3.05) is 20.1 Å². The van der Waals surface area contributed by atoms with Crippen LogP contribution in [0.3, 0.4) is 0 Å². The molecule has 0 saturated carbocycles. The second-order valence-electron chi connectivity index (χ2n) is 11.9. The number of benzene rings is 4. The van der Waals surface area contributed by atoms with Crippen LogP contribution in [0.25, 0.3) is 0 Å². The summed E-state index contributed by atoms with van der Waals surface area (Å²) in [5.74, 6) is 0. The zero-order valence-electron chi connectivity index (χ0n) is 28.3. The van der Waals surface area contributed by atoms with Crippen molar-refractivity contribution in [2.24, 2.45) is 9.98 Å². The number of rotatable bonds is 10. The molecule has 6 heteroatoms. The first kappa shape index (κ1) is 34.8. The third kappa shape index (κ3) is 10.8. The monoisotopic (exact) mass is 600 g/mol. The lowest BCUT2D eigenvalue weighted by atomic mass is 10.0. The quantitative estimate of drug-likeness (QED) is 0.125. The third-order valence-corrected chi connectivity index (χ3v) is 7.48. The average Bonchev–Trinajstić information content (AvgIpc) is 2.96. The summed E-state index contributed by atoms with van der Waals surface area (Å²) in [4.78, 5) is 10.9. The molecule has 234 valence electrons. The van der Waals surface area contributed by atoms with Crippen LogP contribution < -0.4 is 5.32 Å². The fourth-order valence-electron chi connectivity index (χ4n) is 5.04. The van der Waals surface area contributed by atoms with Crippen LogP contribution in [-0.2, 0) is 0 Å². The highest BCUT2D eigenvalue weighted by molar-refractivity contribution is 6.03. The first-order chi connectivity index (χ1) is 21.3. The van der Waals surface area contributed by atoms with Crippen LogP contribution in [0.5, 0.6) is 0 Å². The molecule has 4 rings (SSSR count). The van der Waals surface area contributed by atoms with E-state index in [0.717, 1.165) is 33.6 Å². The van der Waals surface area contributed by atoms with Crippen molar-refractivity contribution in [3.63, 3.8) is 0 Å². The van der Waals surface area contributed by atoms with E-state index in [0.29, 0.717) is 24.5 Å². The van der Waals surface area contributed by atoms with E-state index in [4.69, 9.17) is 10.8 Å². The Bertz CT molecular complexity index is 1590. The molecule has 4 aromatic rings. The van der Waals surface area contributed by atoms with E-state index in [9.17, 15) is 0 Å². The smallest absolute Gasteiger partial charge is 0.0961 e. The van der Waals surface area contributed by atoms with Gasteiger partial charge in [0.05, 0.1) is 35.5 Å².